The minimum atomic E-state index is -0.103. The first-order chi connectivity index (χ1) is 15.7. The lowest BCUT2D eigenvalue weighted by Gasteiger charge is -2.29. The number of carbonyl (C=O) groups is 1. The molecule has 0 saturated carbocycles. The van der Waals surface area contributed by atoms with Crippen LogP contribution in [-0.2, 0) is 13.0 Å². The molecule has 0 bridgehead atoms. The fourth-order valence-electron chi connectivity index (χ4n) is 3.95. The first-order valence-corrected chi connectivity index (χ1v) is 11.0. The van der Waals surface area contributed by atoms with Crippen molar-refractivity contribution in [1.29, 1.82) is 0 Å². The Bertz CT molecular complexity index is 1220. The molecule has 0 unspecified atom stereocenters. The summed E-state index contributed by atoms with van der Waals surface area (Å²) in [6, 6.07) is 21.5. The van der Waals surface area contributed by atoms with Crippen molar-refractivity contribution < 1.29 is 14.3 Å². The zero-order valence-electron chi connectivity index (χ0n) is 17.5. The van der Waals surface area contributed by atoms with Crippen LogP contribution in [0.4, 0.5) is 0 Å². The number of fused-ring (bicyclic) bond motifs is 3. The molecule has 0 N–H and O–H groups in total. The molecule has 3 aromatic carbocycles. The highest BCUT2D eigenvalue weighted by Crippen LogP contribution is 2.41. The Morgan fingerprint density at radius 1 is 1.00 bits per heavy atom. The summed E-state index contributed by atoms with van der Waals surface area (Å²) in [5.41, 5.74) is 3.67. The van der Waals surface area contributed by atoms with Crippen molar-refractivity contribution in [2.75, 3.05) is 13.3 Å². The van der Waals surface area contributed by atoms with E-state index in [4.69, 9.17) is 21.1 Å². The quantitative estimate of drug-likeness (QED) is 0.460. The molecule has 160 valence electrons. The highest BCUT2D eigenvalue weighted by Gasteiger charge is 2.33. The highest BCUT2D eigenvalue weighted by molar-refractivity contribution is 6.31. The second kappa shape index (κ2) is 9.03. The summed E-state index contributed by atoms with van der Waals surface area (Å²) in [6.07, 6.45) is 6.33. The predicted molar refractivity (Wildman–Crippen MR) is 126 cm³/mol. The lowest BCUT2D eigenvalue weighted by Crippen LogP contribution is -2.33. The maximum absolute atomic E-state index is 12.9. The van der Waals surface area contributed by atoms with Gasteiger partial charge in [-0.15, -0.1) is 0 Å². The Kier molecular flexibility index (Phi) is 5.80. The molecule has 32 heavy (non-hydrogen) atoms. The van der Waals surface area contributed by atoms with Gasteiger partial charge in [-0.05, 0) is 41.8 Å². The van der Waals surface area contributed by atoms with Crippen molar-refractivity contribution in [3.63, 3.8) is 0 Å². The number of ketones is 1. The third-order valence-corrected chi connectivity index (χ3v) is 6.04. The third kappa shape index (κ3) is 4.20. The van der Waals surface area contributed by atoms with E-state index in [0.29, 0.717) is 30.3 Å². The fraction of sp³-hybridized carbons (Fsp3) is 0.148. The first kappa shape index (κ1) is 20.6. The summed E-state index contributed by atoms with van der Waals surface area (Å²) in [5, 5.41) is 0.777. The lowest BCUT2D eigenvalue weighted by atomic mass is 10.0. The van der Waals surface area contributed by atoms with Crippen LogP contribution >= 0.6 is 11.6 Å². The number of halogens is 1. The van der Waals surface area contributed by atoms with Crippen LogP contribution in [0.15, 0.2) is 84.6 Å². The van der Waals surface area contributed by atoms with Gasteiger partial charge in [0.05, 0.1) is 11.1 Å². The molecule has 0 saturated heterocycles. The third-order valence-electron chi connectivity index (χ3n) is 5.67. The first-order valence-electron chi connectivity index (χ1n) is 10.6. The standard InChI is InChI=1S/C27H22ClNO3/c28-23-11-5-4-10-20(23)15-16-29-17-22-24(31-18-29)14-13-21-26(30)25(32-27(21)22)12-6-9-19-7-2-1-3-8-19/h1-14H,15-18H2/b9-6+,25-12-. The molecule has 2 heterocycles. The summed E-state index contributed by atoms with van der Waals surface area (Å²) in [4.78, 5) is 15.0. The lowest BCUT2D eigenvalue weighted by molar-refractivity contribution is 0.0949. The van der Waals surface area contributed by atoms with Gasteiger partial charge >= 0.3 is 0 Å². The Labute approximate surface area is 192 Å². The Morgan fingerprint density at radius 2 is 1.81 bits per heavy atom. The van der Waals surface area contributed by atoms with E-state index in [2.05, 4.69) is 4.90 Å². The number of hydrogen-bond donors (Lipinski definition) is 0. The molecule has 5 heteroatoms. The van der Waals surface area contributed by atoms with Crippen LogP contribution in [0.3, 0.4) is 0 Å². The number of rotatable bonds is 5. The number of hydrogen-bond acceptors (Lipinski definition) is 4. The number of benzene rings is 3. The van der Waals surface area contributed by atoms with Crippen LogP contribution in [0, 0.1) is 0 Å². The fourth-order valence-corrected chi connectivity index (χ4v) is 4.18. The van der Waals surface area contributed by atoms with Crippen molar-refractivity contribution in [3.05, 3.63) is 112 Å². The molecule has 0 radical (unpaired) electrons. The van der Waals surface area contributed by atoms with E-state index in [0.717, 1.165) is 40.4 Å². The van der Waals surface area contributed by atoms with Crippen molar-refractivity contribution in [2.45, 2.75) is 13.0 Å². The van der Waals surface area contributed by atoms with Crippen LogP contribution < -0.4 is 9.47 Å². The predicted octanol–water partition coefficient (Wildman–Crippen LogP) is 5.91. The van der Waals surface area contributed by atoms with Gasteiger partial charge in [-0.3, -0.25) is 9.69 Å². The molecule has 5 rings (SSSR count). The van der Waals surface area contributed by atoms with Crippen LogP contribution in [0.5, 0.6) is 11.5 Å². The van der Waals surface area contributed by atoms with Gasteiger partial charge in [0.2, 0.25) is 5.78 Å². The molecule has 0 amide bonds. The Morgan fingerprint density at radius 3 is 2.66 bits per heavy atom. The molecule has 4 nitrogen and oxygen atoms in total. The second-order valence-corrected chi connectivity index (χ2v) is 8.23. The molecule has 0 aliphatic carbocycles. The smallest absolute Gasteiger partial charge is 0.231 e. The van der Waals surface area contributed by atoms with Crippen LogP contribution in [0.25, 0.3) is 6.08 Å². The average Bonchev–Trinajstić information content (AvgIpc) is 3.15. The van der Waals surface area contributed by atoms with Crippen molar-refractivity contribution >= 4 is 23.5 Å². The number of ether oxygens (including phenoxy) is 2. The van der Waals surface area contributed by atoms with E-state index in [9.17, 15) is 4.79 Å². The monoisotopic (exact) mass is 443 g/mol. The molecule has 0 aromatic heterocycles. The van der Waals surface area contributed by atoms with Gasteiger partial charge in [0.25, 0.3) is 0 Å². The highest BCUT2D eigenvalue weighted by atomic mass is 35.5. The minimum absolute atomic E-state index is 0.103. The van der Waals surface area contributed by atoms with Gasteiger partial charge in [0, 0.05) is 18.1 Å². The average molecular weight is 444 g/mol. The van der Waals surface area contributed by atoms with E-state index in [1.54, 1.807) is 12.1 Å². The topological polar surface area (TPSA) is 38.8 Å². The van der Waals surface area contributed by atoms with Crippen molar-refractivity contribution in [2.24, 2.45) is 0 Å². The maximum Gasteiger partial charge on any atom is 0.231 e. The van der Waals surface area contributed by atoms with E-state index < -0.39 is 0 Å². The summed E-state index contributed by atoms with van der Waals surface area (Å²) < 4.78 is 12.0. The molecular weight excluding hydrogens is 422 g/mol. The largest absolute Gasteiger partial charge is 0.478 e. The summed E-state index contributed by atoms with van der Waals surface area (Å²) in [6.45, 7) is 1.94. The number of carbonyl (C=O) groups excluding carboxylic acids is 1. The van der Waals surface area contributed by atoms with Crippen LogP contribution in [-0.4, -0.2) is 24.0 Å². The SMILES string of the molecule is O=C1/C(=C/C=C/c2ccccc2)Oc2c1ccc1c2CN(CCc2ccccc2Cl)CO1. The zero-order chi connectivity index (χ0) is 21.9. The number of nitrogens with zero attached hydrogens (tertiary/aromatic N) is 1. The van der Waals surface area contributed by atoms with Crippen LogP contribution in [0.1, 0.15) is 27.0 Å². The molecule has 3 aromatic rings. The molecule has 0 atom stereocenters. The molecule has 2 aliphatic rings. The van der Waals surface area contributed by atoms with E-state index in [1.807, 2.05) is 72.8 Å². The maximum atomic E-state index is 12.9. The molecule has 0 fully saturated rings. The van der Waals surface area contributed by atoms with Gasteiger partial charge in [0.15, 0.2) is 5.76 Å². The van der Waals surface area contributed by atoms with Gasteiger partial charge in [0.1, 0.15) is 18.2 Å². The van der Waals surface area contributed by atoms with Crippen LogP contribution in [0.2, 0.25) is 5.02 Å². The second-order valence-electron chi connectivity index (χ2n) is 7.82. The zero-order valence-corrected chi connectivity index (χ0v) is 18.2. The van der Waals surface area contributed by atoms with E-state index >= 15 is 0 Å². The van der Waals surface area contributed by atoms with E-state index in [-0.39, 0.29) is 5.78 Å². The summed E-state index contributed by atoms with van der Waals surface area (Å²) >= 11 is 6.29. The Hall–Kier alpha value is -3.34. The summed E-state index contributed by atoms with van der Waals surface area (Å²) in [7, 11) is 0. The molecule has 2 aliphatic heterocycles. The number of allylic oxidation sites excluding steroid dienone is 3. The molecule has 0 spiro atoms. The minimum Gasteiger partial charge on any atom is -0.478 e. The van der Waals surface area contributed by atoms with Gasteiger partial charge in [-0.1, -0.05) is 72.3 Å². The van der Waals surface area contributed by atoms with Gasteiger partial charge in [-0.25, -0.2) is 0 Å². The van der Waals surface area contributed by atoms with Gasteiger partial charge in [-0.2, -0.15) is 0 Å². The van der Waals surface area contributed by atoms with Crippen molar-refractivity contribution in [3.8, 4) is 11.5 Å². The van der Waals surface area contributed by atoms with Gasteiger partial charge < -0.3 is 9.47 Å². The molecular formula is C27H22ClNO3. The Balaban J connectivity index is 1.32. The number of Topliss-reactive ketones (excluding diaryl/α,β-unsaturated/α-hetero) is 1. The summed E-state index contributed by atoms with van der Waals surface area (Å²) in [5.74, 6) is 1.60. The normalized spacial score (nSPS) is 16.7. The van der Waals surface area contributed by atoms with E-state index in [1.165, 1.54) is 0 Å². The van der Waals surface area contributed by atoms with Crippen molar-refractivity contribution in [1.82, 2.24) is 4.90 Å².